The van der Waals surface area contributed by atoms with Crippen LogP contribution in [0.2, 0.25) is 0 Å². The van der Waals surface area contributed by atoms with Gasteiger partial charge in [-0.15, -0.1) is 0 Å². The predicted molar refractivity (Wildman–Crippen MR) is 96.3 cm³/mol. The normalized spacial score (nSPS) is 14.2. The lowest BCUT2D eigenvalue weighted by Crippen LogP contribution is -2.50. The van der Waals surface area contributed by atoms with Crippen molar-refractivity contribution in [1.82, 2.24) is 5.43 Å². The van der Waals surface area contributed by atoms with Gasteiger partial charge in [-0.05, 0) is 26.3 Å². The van der Waals surface area contributed by atoms with E-state index >= 15 is 0 Å². The highest BCUT2D eigenvalue weighted by molar-refractivity contribution is 6.09. The SMILES string of the molecule is CCOC(=O)C(/C(C)=N/NC(N)=O)C(C#N)(C(=O)OCC)c1ccccc1. The first kappa shape index (κ1) is 21.6. The van der Waals surface area contributed by atoms with Crippen LogP contribution in [-0.4, -0.2) is 36.9 Å². The summed E-state index contributed by atoms with van der Waals surface area (Å²) in [7, 11) is 0. The van der Waals surface area contributed by atoms with E-state index in [0.29, 0.717) is 0 Å². The van der Waals surface area contributed by atoms with E-state index in [1.807, 2.05) is 11.5 Å². The smallest absolute Gasteiger partial charge is 0.332 e. The first-order valence-corrected chi connectivity index (χ1v) is 8.25. The fourth-order valence-corrected chi connectivity index (χ4v) is 2.62. The van der Waals surface area contributed by atoms with Gasteiger partial charge in [0.1, 0.15) is 5.92 Å². The molecule has 1 rings (SSSR count). The average molecular weight is 374 g/mol. The predicted octanol–water partition coefficient (Wildman–Crippen LogP) is 1.23. The number of hydrogen-bond acceptors (Lipinski definition) is 7. The van der Waals surface area contributed by atoms with E-state index in [2.05, 4.69) is 5.10 Å². The third kappa shape index (κ3) is 4.82. The molecule has 2 atom stereocenters. The Hall–Kier alpha value is -3.41. The van der Waals surface area contributed by atoms with Crippen molar-refractivity contribution in [3.63, 3.8) is 0 Å². The molecule has 0 radical (unpaired) electrons. The number of benzene rings is 1. The molecule has 9 nitrogen and oxygen atoms in total. The number of esters is 2. The molecule has 2 unspecified atom stereocenters. The Balaban J connectivity index is 3.70. The Morgan fingerprint density at radius 2 is 1.81 bits per heavy atom. The number of primary amides is 1. The maximum Gasteiger partial charge on any atom is 0.332 e. The first-order chi connectivity index (χ1) is 12.8. The summed E-state index contributed by atoms with van der Waals surface area (Å²) in [5.41, 5.74) is 5.14. The zero-order chi connectivity index (χ0) is 20.4. The van der Waals surface area contributed by atoms with Crippen molar-refractivity contribution in [2.24, 2.45) is 16.8 Å². The van der Waals surface area contributed by atoms with Gasteiger partial charge in [0.05, 0.1) is 25.0 Å². The summed E-state index contributed by atoms with van der Waals surface area (Å²) in [5, 5.41) is 13.8. The number of carbonyl (C=O) groups is 3. The summed E-state index contributed by atoms with van der Waals surface area (Å²) in [6.45, 7) is 4.57. The van der Waals surface area contributed by atoms with Crippen molar-refractivity contribution in [3.05, 3.63) is 35.9 Å². The van der Waals surface area contributed by atoms with Gasteiger partial charge in [-0.1, -0.05) is 30.3 Å². The van der Waals surface area contributed by atoms with Gasteiger partial charge in [0.15, 0.2) is 5.41 Å². The van der Waals surface area contributed by atoms with Crippen LogP contribution in [0.25, 0.3) is 0 Å². The molecular formula is C18H22N4O5. The monoisotopic (exact) mass is 374 g/mol. The number of carbonyl (C=O) groups excluding carboxylic acids is 3. The molecule has 0 fully saturated rings. The van der Waals surface area contributed by atoms with Gasteiger partial charge in [0.25, 0.3) is 0 Å². The molecule has 0 aliphatic heterocycles. The van der Waals surface area contributed by atoms with Gasteiger partial charge in [-0.2, -0.15) is 10.4 Å². The zero-order valence-corrected chi connectivity index (χ0v) is 15.4. The molecule has 9 heteroatoms. The molecule has 0 aliphatic rings. The molecule has 0 heterocycles. The third-order valence-electron chi connectivity index (χ3n) is 3.72. The summed E-state index contributed by atoms with van der Waals surface area (Å²) in [6, 6.07) is 8.96. The molecule has 27 heavy (non-hydrogen) atoms. The fourth-order valence-electron chi connectivity index (χ4n) is 2.62. The number of nitrogens with two attached hydrogens (primary N) is 1. The lowest BCUT2D eigenvalue weighted by atomic mass is 9.69. The van der Waals surface area contributed by atoms with Crippen molar-refractivity contribution in [3.8, 4) is 6.07 Å². The Kier molecular flexibility index (Phi) is 7.94. The highest BCUT2D eigenvalue weighted by Gasteiger charge is 2.55. The van der Waals surface area contributed by atoms with E-state index in [4.69, 9.17) is 15.2 Å². The molecule has 3 N–H and O–H groups in total. The Labute approximate surface area is 157 Å². The Morgan fingerprint density at radius 3 is 2.30 bits per heavy atom. The molecule has 0 saturated carbocycles. The average Bonchev–Trinajstić information content (AvgIpc) is 2.65. The standard InChI is InChI=1S/C18H22N4O5/c1-4-26-15(23)14(12(3)21-22-17(20)25)18(11-19,16(24)27-5-2)13-9-7-6-8-10-13/h6-10,14H,4-5H2,1-3H3,(H3,20,22,25)/b21-12+. The molecule has 0 aromatic heterocycles. The van der Waals surface area contributed by atoms with Crippen LogP contribution in [0, 0.1) is 17.2 Å². The van der Waals surface area contributed by atoms with Crippen molar-refractivity contribution in [2.75, 3.05) is 13.2 Å². The van der Waals surface area contributed by atoms with Crippen LogP contribution in [0.1, 0.15) is 26.3 Å². The molecule has 0 saturated heterocycles. The third-order valence-corrected chi connectivity index (χ3v) is 3.72. The quantitative estimate of drug-likeness (QED) is 0.398. The summed E-state index contributed by atoms with van der Waals surface area (Å²) >= 11 is 0. The van der Waals surface area contributed by atoms with Crippen LogP contribution in [-0.2, 0) is 24.5 Å². The maximum atomic E-state index is 12.9. The van der Waals surface area contributed by atoms with Gasteiger partial charge in [-0.25, -0.2) is 15.0 Å². The molecule has 1 aromatic rings. The zero-order valence-electron chi connectivity index (χ0n) is 15.4. The van der Waals surface area contributed by atoms with E-state index in [1.54, 1.807) is 32.0 Å². The van der Waals surface area contributed by atoms with E-state index in [1.165, 1.54) is 19.1 Å². The van der Waals surface area contributed by atoms with Gasteiger partial charge < -0.3 is 15.2 Å². The summed E-state index contributed by atoms with van der Waals surface area (Å²) in [6.07, 6.45) is 0. The largest absolute Gasteiger partial charge is 0.465 e. The topological polar surface area (TPSA) is 144 Å². The van der Waals surface area contributed by atoms with Crippen LogP contribution in [0.15, 0.2) is 35.4 Å². The fraction of sp³-hybridized carbons (Fsp3) is 0.389. The minimum atomic E-state index is -2.06. The van der Waals surface area contributed by atoms with Crippen molar-refractivity contribution < 1.29 is 23.9 Å². The Bertz CT molecular complexity index is 757. The molecule has 0 aliphatic carbocycles. The highest BCUT2D eigenvalue weighted by atomic mass is 16.5. The van der Waals surface area contributed by atoms with Crippen molar-refractivity contribution >= 4 is 23.7 Å². The maximum absolute atomic E-state index is 12.9. The summed E-state index contributed by atoms with van der Waals surface area (Å²) < 4.78 is 10.2. The second kappa shape index (κ2) is 9.91. The summed E-state index contributed by atoms with van der Waals surface area (Å²) in [4.78, 5) is 36.6. The van der Waals surface area contributed by atoms with Gasteiger partial charge in [0.2, 0.25) is 0 Å². The van der Waals surface area contributed by atoms with Crippen LogP contribution >= 0.6 is 0 Å². The second-order valence-corrected chi connectivity index (χ2v) is 5.42. The van der Waals surface area contributed by atoms with Crippen molar-refractivity contribution in [1.29, 1.82) is 5.26 Å². The van der Waals surface area contributed by atoms with E-state index in [0.717, 1.165) is 0 Å². The number of rotatable bonds is 8. The number of ether oxygens (including phenoxy) is 2. The number of amides is 2. The number of urea groups is 1. The highest BCUT2D eigenvalue weighted by Crippen LogP contribution is 2.36. The lowest BCUT2D eigenvalue weighted by Gasteiger charge is -2.31. The van der Waals surface area contributed by atoms with Gasteiger partial charge in [-0.3, -0.25) is 4.79 Å². The molecular weight excluding hydrogens is 352 g/mol. The van der Waals surface area contributed by atoms with Gasteiger partial charge >= 0.3 is 18.0 Å². The summed E-state index contributed by atoms with van der Waals surface area (Å²) in [5.74, 6) is -3.25. The Morgan fingerprint density at radius 1 is 1.22 bits per heavy atom. The van der Waals surface area contributed by atoms with E-state index in [9.17, 15) is 19.6 Å². The molecule has 1 aromatic carbocycles. The van der Waals surface area contributed by atoms with Crippen LogP contribution in [0.5, 0.6) is 0 Å². The minimum Gasteiger partial charge on any atom is -0.465 e. The minimum absolute atomic E-state index is 0.000366. The molecule has 144 valence electrons. The lowest BCUT2D eigenvalue weighted by molar-refractivity contribution is -0.157. The number of nitrogens with zero attached hydrogens (tertiary/aromatic N) is 2. The molecule has 0 bridgehead atoms. The van der Waals surface area contributed by atoms with E-state index < -0.39 is 29.3 Å². The number of hydrazone groups is 1. The van der Waals surface area contributed by atoms with Gasteiger partial charge in [0, 0.05) is 0 Å². The number of hydrogen-bond donors (Lipinski definition) is 2. The van der Waals surface area contributed by atoms with Crippen molar-refractivity contribution in [2.45, 2.75) is 26.2 Å². The number of nitriles is 1. The number of nitrogens with one attached hydrogen (secondary N) is 1. The van der Waals surface area contributed by atoms with Crippen LogP contribution in [0.3, 0.4) is 0 Å². The molecule has 2 amide bonds. The first-order valence-electron chi connectivity index (χ1n) is 8.25. The molecule has 0 spiro atoms. The second-order valence-electron chi connectivity index (χ2n) is 5.42. The van der Waals surface area contributed by atoms with E-state index in [-0.39, 0.29) is 24.5 Å². The van der Waals surface area contributed by atoms with Crippen LogP contribution in [0.4, 0.5) is 4.79 Å². The van der Waals surface area contributed by atoms with Crippen LogP contribution < -0.4 is 11.2 Å².